The minimum atomic E-state index is -0.505. The molecule has 2 aromatic rings. The number of rotatable bonds is 5. The Labute approximate surface area is 111 Å². The molecule has 0 amide bonds. The molecule has 0 unspecified atom stereocenters. The third-order valence-electron chi connectivity index (χ3n) is 1.96. The smallest absolute Gasteiger partial charge is 0.360 e. The molecule has 8 nitrogen and oxygen atoms in total. The molecule has 18 heavy (non-hydrogen) atoms. The van der Waals surface area contributed by atoms with E-state index in [0.717, 1.165) is 6.54 Å². The van der Waals surface area contributed by atoms with Gasteiger partial charge in [-0.25, -0.2) is 0 Å². The zero-order valence-electron chi connectivity index (χ0n) is 9.65. The van der Waals surface area contributed by atoms with E-state index in [0.29, 0.717) is 14.5 Å². The van der Waals surface area contributed by atoms with Gasteiger partial charge in [-0.2, -0.15) is 0 Å². The van der Waals surface area contributed by atoms with Crippen LogP contribution in [0.4, 0.5) is 10.9 Å². The number of nitrogens with zero attached hydrogens (tertiary/aromatic N) is 5. The topological polar surface area (TPSA) is 98.8 Å². The fraction of sp³-hybridized carbons (Fsp3) is 0.375. The van der Waals surface area contributed by atoms with Crippen LogP contribution in [0.2, 0.25) is 0 Å². The number of imidazole rings is 1. The van der Waals surface area contributed by atoms with Crippen molar-refractivity contribution >= 4 is 34.0 Å². The second-order valence-electron chi connectivity index (χ2n) is 3.25. The molecule has 96 valence electrons. The predicted molar refractivity (Wildman–Crippen MR) is 68.1 cm³/mol. The lowest BCUT2D eigenvalue weighted by atomic mass is 10.8. The highest BCUT2D eigenvalue weighted by molar-refractivity contribution is 8.01. The van der Waals surface area contributed by atoms with Crippen LogP contribution in [0.15, 0.2) is 15.7 Å². The zero-order valence-corrected chi connectivity index (χ0v) is 11.3. The number of nitro groups is 1. The third-order valence-corrected chi connectivity index (χ3v) is 4.05. The molecule has 0 fully saturated rings. The summed E-state index contributed by atoms with van der Waals surface area (Å²) < 4.78 is 2.23. The first kappa shape index (κ1) is 12.8. The van der Waals surface area contributed by atoms with Gasteiger partial charge in [-0.05, 0) is 28.6 Å². The summed E-state index contributed by atoms with van der Waals surface area (Å²) in [6.07, 6.45) is 1.41. The summed E-state index contributed by atoms with van der Waals surface area (Å²) in [6.45, 7) is 2.71. The van der Waals surface area contributed by atoms with Crippen LogP contribution >= 0.6 is 23.1 Å². The van der Waals surface area contributed by atoms with Crippen LogP contribution in [-0.4, -0.2) is 31.2 Å². The summed E-state index contributed by atoms with van der Waals surface area (Å²) in [7, 11) is 1.70. The van der Waals surface area contributed by atoms with Crippen LogP contribution in [-0.2, 0) is 7.05 Å². The molecule has 0 spiro atoms. The molecule has 0 aromatic carbocycles. The minimum Gasteiger partial charge on any atom is -0.360 e. The Morgan fingerprint density at radius 3 is 3.06 bits per heavy atom. The van der Waals surface area contributed by atoms with E-state index >= 15 is 0 Å². The van der Waals surface area contributed by atoms with Gasteiger partial charge >= 0.3 is 5.82 Å². The number of hydrogen-bond acceptors (Lipinski definition) is 8. The van der Waals surface area contributed by atoms with Crippen molar-refractivity contribution in [3.63, 3.8) is 0 Å². The van der Waals surface area contributed by atoms with E-state index in [4.69, 9.17) is 0 Å². The highest BCUT2D eigenvalue weighted by atomic mass is 32.2. The highest BCUT2D eigenvalue weighted by Gasteiger charge is 2.22. The molecular weight excluding hydrogens is 276 g/mol. The van der Waals surface area contributed by atoms with Crippen LogP contribution in [0.1, 0.15) is 6.92 Å². The first-order valence-corrected chi connectivity index (χ1v) is 6.66. The third kappa shape index (κ3) is 2.59. The summed E-state index contributed by atoms with van der Waals surface area (Å²) in [5.74, 6) is -0.164. The molecule has 0 aliphatic rings. The molecule has 0 saturated carbocycles. The zero-order chi connectivity index (χ0) is 13.1. The molecule has 10 heteroatoms. The van der Waals surface area contributed by atoms with Crippen molar-refractivity contribution < 1.29 is 4.92 Å². The second-order valence-corrected chi connectivity index (χ2v) is 5.46. The van der Waals surface area contributed by atoms with Crippen molar-refractivity contribution in [1.82, 2.24) is 19.7 Å². The van der Waals surface area contributed by atoms with Gasteiger partial charge in [-0.3, -0.25) is 0 Å². The summed E-state index contributed by atoms with van der Waals surface area (Å²) in [5.41, 5.74) is 0. The molecule has 0 aliphatic heterocycles. The van der Waals surface area contributed by atoms with Crippen molar-refractivity contribution in [2.45, 2.75) is 16.3 Å². The lowest BCUT2D eigenvalue weighted by Gasteiger charge is -1.97. The van der Waals surface area contributed by atoms with E-state index in [1.165, 1.54) is 29.4 Å². The van der Waals surface area contributed by atoms with Gasteiger partial charge in [0, 0.05) is 13.6 Å². The van der Waals surface area contributed by atoms with Crippen LogP contribution in [0.5, 0.6) is 0 Å². The van der Waals surface area contributed by atoms with Crippen molar-refractivity contribution in [3.8, 4) is 0 Å². The largest absolute Gasteiger partial charge is 0.396 e. The van der Waals surface area contributed by atoms with Crippen molar-refractivity contribution in [1.29, 1.82) is 0 Å². The average molecular weight is 286 g/mol. The van der Waals surface area contributed by atoms with Crippen LogP contribution in [0.25, 0.3) is 0 Å². The molecule has 0 saturated heterocycles. The highest BCUT2D eigenvalue weighted by Crippen LogP contribution is 2.35. The molecule has 2 aromatic heterocycles. The van der Waals surface area contributed by atoms with Crippen molar-refractivity contribution in [3.05, 3.63) is 16.4 Å². The normalized spacial score (nSPS) is 10.6. The number of aromatic nitrogens is 4. The van der Waals surface area contributed by atoms with Gasteiger partial charge in [0.25, 0.3) is 0 Å². The summed E-state index contributed by atoms with van der Waals surface area (Å²) in [5, 5.41) is 22.9. The van der Waals surface area contributed by atoms with Gasteiger partial charge in [0.1, 0.15) is 0 Å². The lowest BCUT2D eigenvalue weighted by molar-refractivity contribution is -0.392. The van der Waals surface area contributed by atoms with Gasteiger partial charge in [0.05, 0.1) is 0 Å². The van der Waals surface area contributed by atoms with E-state index in [2.05, 4.69) is 20.5 Å². The number of aryl methyl sites for hydroxylation is 1. The van der Waals surface area contributed by atoms with E-state index in [1.54, 1.807) is 11.6 Å². The Morgan fingerprint density at radius 1 is 1.61 bits per heavy atom. The molecule has 1 N–H and O–H groups in total. The summed E-state index contributed by atoms with van der Waals surface area (Å²) in [6, 6.07) is 0. The molecule has 2 rings (SSSR count). The predicted octanol–water partition coefficient (Wildman–Crippen LogP) is 1.76. The average Bonchev–Trinajstić information content (AvgIpc) is 2.89. The van der Waals surface area contributed by atoms with E-state index < -0.39 is 4.92 Å². The fourth-order valence-electron chi connectivity index (χ4n) is 1.21. The first-order valence-electron chi connectivity index (χ1n) is 5.02. The van der Waals surface area contributed by atoms with Crippen LogP contribution in [0.3, 0.4) is 0 Å². The second kappa shape index (κ2) is 5.31. The summed E-state index contributed by atoms with van der Waals surface area (Å²) >= 11 is 2.54. The summed E-state index contributed by atoms with van der Waals surface area (Å²) in [4.78, 5) is 14.0. The quantitative estimate of drug-likeness (QED) is 0.660. The van der Waals surface area contributed by atoms with Gasteiger partial charge in [0.2, 0.25) is 11.5 Å². The number of hydrogen-bond donors (Lipinski definition) is 1. The van der Waals surface area contributed by atoms with Crippen LogP contribution < -0.4 is 5.32 Å². The first-order chi connectivity index (χ1) is 8.61. The van der Waals surface area contributed by atoms with E-state index in [1.807, 2.05) is 6.92 Å². The van der Waals surface area contributed by atoms with E-state index in [9.17, 15) is 10.1 Å². The number of anilines is 1. The molecule has 0 radical (unpaired) electrons. The Kier molecular flexibility index (Phi) is 3.77. The van der Waals surface area contributed by atoms with Gasteiger partial charge in [-0.1, -0.05) is 11.3 Å². The Hall–Kier alpha value is -1.68. The minimum absolute atomic E-state index is 0.164. The monoisotopic (exact) mass is 286 g/mol. The van der Waals surface area contributed by atoms with Crippen molar-refractivity contribution in [2.75, 3.05) is 11.9 Å². The van der Waals surface area contributed by atoms with Crippen molar-refractivity contribution in [2.24, 2.45) is 7.05 Å². The van der Waals surface area contributed by atoms with Gasteiger partial charge in [0.15, 0.2) is 9.37 Å². The Bertz CT molecular complexity index is 566. The van der Waals surface area contributed by atoms with E-state index in [-0.39, 0.29) is 5.82 Å². The molecule has 0 atom stereocenters. The molecule has 0 aliphatic carbocycles. The standard InChI is InChI=1S/C8H10N6O2S2/c1-3-9-7-11-12-8(18-7)17-6-5(14(15)16)10-4-13(6)2/h4H,3H2,1-2H3,(H,9,11). The maximum Gasteiger partial charge on any atom is 0.396 e. The maximum atomic E-state index is 10.8. The molecule has 0 bridgehead atoms. The van der Waals surface area contributed by atoms with Gasteiger partial charge in [-0.15, -0.1) is 10.2 Å². The Balaban J connectivity index is 2.22. The Morgan fingerprint density at radius 2 is 2.39 bits per heavy atom. The lowest BCUT2D eigenvalue weighted by Crippen LogP contribution is -1.94. The number of nitrogens with one attached hydrogen (secondary N) is 1. The SMILES string of the molecule is CCNc1nnc(Sc2c([N+](=O)[O-])ncn2C)s1. The molecular formula is C8H10N6O2S2. The fourth-order valence-corrected chi connectivity index (χ4v) is 3.05. The van der Waals surface area contributed by atoms with Gasteiger partial charge < -0.3 is 20.0 Å². The maximum absolute atomic E-state index is 10.8. The van der Waals surface area contributed by atoms with Crippen LogP contribution in [0, 0.1) is 10.1 Å². The molecule has 2 heterocycles.